The van der Waals surface area contributed by atoms with Crippen molar-refractivity contribution in [3.05, 3.63) is 0 Å². The monoisotopic (exact) mass is 271 g/mol. The lowest BCUT2D eigenvalue weighted by molar-refractivity contribution is -0.148. The van der Waals surface area contributed by atoms with Gasteiger partial charge in [0.15, 0.2) is 0 Å². The molecule has 2 aliphatic rings. The topological polar surface area (TPSA) is 74.7 Å². The van der Waals surface area contributed by atoms with Gasteiger partial charge in [-0.05, 0) is 32.1 Å². The van der Waals surface area contributed by atoms with E-state index >= 15 is 0 Å². The summed E-state index contributed by atoms with van der Waals surface area (Å²) in [6, 6.07) is 0. The molecule has 5 nitrogen and oxygen atoms in total. The molecule has 0 bridgehead atoms. The molecule has 1 heterocycles. The van der Waals surface area contributed by atoms with E-state index < -0.39 is 5.97 Å². The number of hydrogen-bond acceptors (Lipinski definition) is 4. The minimum absolute atomic E-state index is 0.139. The van der Waals surface area contributed by atoms with Gasteiger partial charge in [0.1, 0.15) is 0 Å². The van der Waals surface area contributed by atoms with Crippen LogP contribution in [-0.2, 0) is 14.4 Å². The zero-order valence-corrected chi connectivity index (χ0v) is 10.9. The summed E-state index contributed by atoms with van der Waals surface area (Å²) >= 11 is 4.13. The highest BCUT2D eigenvalue weighted by atomic mass is 32.1. The van der Waals surface area contributed by atoms with Gasteiger partial charge in [-0.1, -0.05) is 0 Å². The minimum Gasteiger partial charge on any atom is -0.481 e. The van der Waals surface area contributed by atoms with Gasteiger partial charge in [0, 0.05) is 12.5 Å². The average molecular weight is 271 g/mol. The van der Waals surface area contributed by atoms with Crippen molar-refractivity contribution in [2.45, 2.75) is 37.4 Å². The second-order valence-electron chi connectivity index (χ2n) is 5.02. The lowest BCUT2D eigenvalue weighted by Gasteiger charge is -2.27. The smallest absolute Gasteiger partial charge is 0.306 e. The van der Waals surface area contributed by atoms with E-state index in [1.807, 2.05) is 0 Å². The molecule has 0 aromatic rings. The summed E-state index contributed by atoms with van der Waals surface area (Å²) in [6.45, 7) is 0.449. The first-order valence-corrected chi connectivity index (χ1v) is 6.78. The Bertz CT molecular complexity index is 376. The van der Waals surface area contributed by atoms with E-state index in [1.54, 1.807) is 0 Å². The molecule has 2 rings (SSSR count). The zero-order valence-electron chi connectivity index (χ0n) is 10.0. The molecule has 0 spiro atoms. The SMILES string of the molecule is O=C(O)C1CCC(C(=O)N2CCC(S)C2=O)CC1. The van der Waals surface area contributed by atoms with E-state index in [2.05, 4.69) is 12.6 Å². The van der Waals surface area contributed by atoms with E-state index in [0.29, 0.717) is 38.6 Å². The van der Waals surface area contributed by atoms with Gasteiger partial charge in [-0.3, -0.25) is 19.3 Å². The van der Waals surface area contributed by atoms with Gasteiger partial charge in [0.2, 0.25) is 11.8 Å². The fourth-order valence-corrected chi connectivity index (χ4v) is 2.95. The first-order valence-electron chi connectivity index (χ1n) is 6.26. The van der Waals surface area contributed by atoms with E-state index in [1.165, 1.54) is 4.90 Å². The van der Waals surface area contributed by atoms with E-state index in [0.717, 1.165) is 0 Å². The van der Waals surface area contributed by atoms with Crippen molar-refractivity contribution in [2.75, 3.05) is 6.54 Å². The van der Waals surface area contributed by atoms with Crippen LogP contribution >= 0.6 is 12.6 Å². The maximum atomic E-state index is 12.2. The van der Waals surface area contributed by atoms with Crippen LogP contribution in [0.1, 0.15) is 32.1 Å². The largest absolute Gasteiger partial charge is 0.481 e. The number of likely N-dealkylation sites (tertiary alicyclic amines) is 1. The lowest BCUT2D eigenvalue weighted by Crippen LogP contribution is -2.40. The van der Waals surface area contributed by atoms with Crippen molar-refractivity contribution in [1.29, 1.82) is 0 Å². The van der Waals surface area contributed by atoms with Crippen molar-refractivity contribution in [2.24, 2.45) is 11.8 Å². The molecule has 1 saturated heterocycles. The van der Waals surface area contributed by atoms with Gasteiger partial charge < -0.3 is 5.11 Å². The van der Waals surface area contributed by atoms with Gasteiger partial charge in [0.05, 0.1) is 11.2 Å². The Morgan fingerprint density at radius 2 is 1.67 bits per heavy atom. The third kappa shape index (κ3) is 2.53. The summed E-state index contributed by atoms with van der Waals surface area (Å²) in [5.74, 6) is -1.65. The number of carboxylic acid groups (broad SMARTS) is 1. The first kappa shape index (κ1) is 13.4. The predicted octanol–water partition coefficient (Wildman–Crippen LogP) is 0.935. The fraction of sp³-hybridized carbons (Fsp3) is 0.750. The molecule has 0 radical (unpaired) electrons. The third-order valence-electron chi connectivity index (χ3n) is 3.87. The summed E-state index contributed by atoms with van der Waals surface area (Å²) in [5.41, 5.74) is 0. The van der Waals surface area contributed by atoms with Crippen molar-refractivity contribution >= 4 is 30.4 Å². The summed E-state index contributed by atoms with van der Waals surface area (Å²) in [4.78, 5) is 36.0. The van der Waals surface area contributed by atoms with Crippen molar-refractivity contribution < 1.29 is 19.5 Å². The highest BCUT2D eigenvalue weighted by Crippen LogP contribution is 2.31. The highest BCUT2D eigenvalue weighted by Gasteiger charge is 2.38. The molecule has 2 fully saturated rings. The van der Waals surface area contributed by atoms with Gasteiger partial charge in [-0.2, -0.15) is 12.6 Å². The molecule has 1 atom stereocenters. The van der Waals surface area contributed by atoms with Crippen LogP contribution in [0.2, 0.25) is 0 Å². The van der Waals surface area contributed by atoms with Gasteiger partial charge in [-0.15, -0.1) is 0 Å². The first-order chi connectivity index (χ1) is 8.50. The summed E-state index contributed by atoms with van der Waals surface area (Å²) in [6.07, 6.45) is 2.79. The molecule has 6 heteroatoms. The standard InChI is InChI=1S/C12H17NO4S/c14-10(13-6-5-9(18)11(13)15)7-1-3-8(4-2-7)12(16)17/h7-9,18H,1-6H2,(H,16,17). The Kier molecular flexibility index (Phi) is 3.94. The number of rotatable bonds is 2. The Hall–Kier alpha value is -1.04. The number of carboxylic acids is 1. The molecule has 1 saturated carbocycles. The van der Waals surface area contributed by atoms with Crippen LogP contribution < -0.4 is 0 Å². The average Bonchev–Trinajstić information content (AvgIpc) is 2.69. The normalized spacial score (nSPS) is 32.6. The molecular weight excluding hydrogens is 254 g/mol. The van der Waals surface area contributed by atoms with E-state index in [-0.39, 0.29) is 28.9 Å². The van der Waals surface area contributed by atoms with Crippen LogP contribution in [0.5, 0.6) is 0 Å². The summed E-state index contributed by atoms with van der Waals surface area (Å²) in [5, 5.41) is 8.53. The third-order valence-corrected chi connectivity index (χ3v) is 4.35. The molecule has 2 amide bonds. The number of aliphatic carboxylic acids is 1. The number of imide groups is 1. The van der Waals surface area contributed by atoms with Crippen LogP contribution in [0.15, 0.2) is 0 Å². The maximum absolute atomic E-state index is 12.2. The Morgan fingerprint density at radius 1 is 1.11 bits per heavy atom. The molecule has 1 unspecified atom stereocenters. The lowest BCUT2D eigenvalue weighted by atomic mass is 9.81. The second kappa shape index (κ2) is 5.30. The quantitative estimate of drug-likeness (QED) is 0.579. The number of thiol groups is 1. The molecule has 0 aromatic carbocycles. The number of nitrogens with zero attached hydrogens (tertiary/aromatic N) is 1. The molecule has 1 aliphatic carbocycles. The number of carbonyl (C=O) groups excluding carboxylic acids is 2. The van der Waals surface area contributed by atoms with E-state index in [9.17, 15) is 14.4 Å². The molecular formula is C12H17NO4S. The zero-order chi connectivity index (χ0) is 13.3. The summed E-state index contributed by atoms with van der Waals surface area (Å²) in [7, 11) is 0. The van der Waals surface area contributed by atoms with Crippen molar-refractivity contribution in [1.82, 2.24) is 4.90 Å². The van der Waals surface area contributed by atoms with E-state index in [4.69, 9.17) is 5.11 Å². The molecule has 0 aromatic heterocycles. The van der Waals surface area contributed by atoms with Gasteiger partial charge in [-0.25, -0.2) is 0 Å². The van der Waals surface area contributed by atoms with Crippen LogP contribution in [0, 0.1) is 11.8 Å². The van der Waals surface area contributed by atoms with Crippen LogP contribution in [0.4, 0.5) is 0 Å². The highest BCUT2D eigenvalue weighted by molar-refractivity contribution is 7.81. The van der Waals surface area contributed by atoms with Gasteiger partial charge >= 0.3 is 5.97 Å². The molecule has 18 heavy (non-hydrogen) atoms. The van der Waals surface area contributed by atoms with Crippen LogP contribution in [0.25, 0.3) is 0 Å². The van der Waals surface area contributed by atoms with Crippen LogP contribution in [-0.4, -0.2) is 39.6 Å². The molecule has 1 N–H and O–H groups in total. The Labute approximate surface area is 111 Å². The Balaban J connectivity index is 1.92. The van der Waals surface area contributed by atoms with Crippen LogP contribution in [0.3, 0.4) is 0 Å². The molecule has 100 valence electrons. The minimum atomic E-state index is -0.784. The number of carbonyl (C=O) groups is 3. The van der Waals surface area contributed by atoms with Crippen molar-refractivity contribution in [3.8, 4) is 0 Å². The maximum Gasteiger partial charge on any atom is 0.306 e. The fourth-order valence-electron chi connectivity index (χ4n) is 2.69. The predicted molar refractivity (Wildman–Crippen MR) is 67.2 cm³/mol. The summed E-state index contributed by atoms with van der Waals surface area (Å²) < 4.78 is 0. The van der Waals surface area contributed by atoms with Gasteiger partial charge in [0.25, 0.3) is 0 Å². The number of amides is 2. The number of hydrogen-bond donors (Lipinski definition) is 2. The second-order valence-corrected chi connectivity index (χ2v) is 5.64. The van der Waals surface area contributed by atoms with Crippen molar-refractivity contribution in [3.63, 3.8) is 0 Å². The molecule has 1 aliphatic heterocycles. The Morgan fingerprint density at radius 3 is 2.11 bits per heavy atom.